The van der Waals surface area contributed by atoms with E-state index in [1.165, 1.54) is 0 Å². The summed E-state index contributed by atoms with van der Waals surface area (Å²) >= 11 is 0. The minimum Gasteiger partial charge on any atom is -0.385 e. The summed E-state index contributed by atoms with van der Waals surface area (Å²) in [6, 6.07) is 0. The predicted molar refractivity (Wildman–Crippen MR) is 65.3 cm³/mol. The standard InChI is InChI=1S/C12H26N2O2/c1-15-9-7-11(13)3-5-12(14,6-4-11)8-10-16-2/h3-10,13-14H2,1-2H3. The average molecular weight is 230 g/mol. The lowest BCUT2D eigenvalue weighted by Crippen LogP contribution is -2.53. The first-order valence-corrected chi connectivity index (χ1v) is 6.09. The zero-order chi connectivity index (χ0) is 12.1. The topological polar surface area (TPSA) is 70.5 Å². The third kappa shape index (κ3) is 4.01. The van der Waals surface area contributed by atoms with Gasteiger partial charge in [0.2, 0.25) is 0 Å². The molecule has 0 aromatic heterocycles. The molecule has 4 N–H and O–H groups in total. The number of ether oxygens (including phenoxy) is 2. The van der Waals surface area contributed by atoms with Gasteiger partial charge in [0, 0.05) is 38.5 Å². The van der Waals surface area contributed by atoms with Gasteiger partial charge in [0.1, 0.15) is 0 Å². The fourth-order valence-corrected chi connectivity index (χ4v) is 2.36. The Balaban J connectivity index is 2.36. The van der Waals surface area contributed by atoms with Gasteiger partial charge in [-0.3, -0.25) is 0 Å². The lowest BCUT2D eigenvalue weighted by Gasteiger charge is -2.42. The molecule has 4 heteroatoms. The lowest BCUT2D eigenvalue weighted by atomic mass is 9.71. The van der Waals surface area contributed by atoms with Crippen LogP contribution in [0.4, 0.5) is 0 Å². The summed E-state index contributed by atoms with van der Waals surface area (Å²) in [6.07, 6.45) is 5.86. The van der Waals surface area contributed by atoms with Crippen LogP contribution < -0.4 is 11.5 Å². The molecule has 0 unspecified atom stereocenters. The van der Waals surface area contributed by atoms with Gasteiger partial charge in [-0.25, -0.2) is 0 Å². The zero-order valence-electron chi connectivity index (χ0n) is 10.6. The number of hydrogen-bond donors (Lipinski definition) is 2. The summed E-state index contributed by atoms with van der Waals surface area (Å²) in [4.78, 5) is 0. The summed E-state index contributed by atoms with van der Waals surface area (Å²) in [5, 5.41) is 0. The highest BCUT2D eigenvalue weighted by molar-refractivity contribution is 4.98. The molecule has 0 radical (unpaired) electrons. The van der Waals surface area contributed by atoms with E-state index < -0.39 is 0 Å². The van der Waals surface area contributed by atoms with Crippen LogP contribution in [0.25, 0.3) is 0 Å². The van der Waals surface area contributed by atoms with Gasteiger partial charge in [-0.1, -0.05) is 0 Å². The molecule has 0 aromatic carbocycles. The summed E-state index contributed by atoms with van der Waals surface area (Å²) < 4.78 is 10.2. The van der Waals surface area contributed by atoms with Crippen molar-refractivity contribution in [3.63, 3.8) is 0 Å². The van der Waals surface area contributed by atoms with Gasteiger partial charge in [-0.15, -0.1) is 0 Å². The van der Waals surface area contributed by atoms with Crippen molar-refractivity contribution in [2.24, 2.45) is 11.5 Å². The van der Waals surface area contributed by atoms with Crippen LogP contribution in [0.3, 0.4) is 0 Å². The van der Waals surface area contributed by atoms with Gasteiger partial charge in [0.25, 0.3) is 0 Å². The molecular formula is C12H26N2O2. The molecule has 1 fully saturated rings. The van der Waals surface area contributed by atoms with Gasteiger partial charge in [0.05, 0.1) is 0 Å². The Labute approximate surface area is 98.7 Å². The van der Waals surface area contributed by atoms with Crippen LogP contribution in [0.5, 0.6) is 0 Å². The van der Waals surface area contributed by atoms with Gasteiger partial charge < -0.3 is 20.9 Å². The molecule has 1 aliphatic carbocycles. The molecule has 0 heterocycles. The molecule has 0 bridgehead atoms. The third-order valence-corrected chi connectivity index (χ3v) is 3.85. The second-order valence-corrected chi connectivity index (χ2v) is 5.21. The summed E-state index contributed by atoms with van der Waals surface area (Å²) in [6.45, 7) is 1.48. The van der Waals surface area contributed by atoms with E-state index in [2.05, 4.69) is 0 Å². The normalized spacial score (nSPS) is 35.2. The fourth-order valence-electron chi connectivity index (χ4n) is 2.36. The number of methoxy groups -OCH3 is 2. The predicted octanol–water partition coefficient (Wildman–Crippen LogP) is 1.03. The Hall–Kier alpha value is -0.160. The van der Waals surface area contributed by atoms with Crippen molar-refractivity contribution in [2.75, 3.05) is 27.4 Å². The van der Waals surface area contributed by atoms with E-state index in [0.29, 0.717) is 0 Å². The van der Waals surface area contributed by atoms with E-state index in [4.69, 9.17) is 20.9 Å². The highest BCUT2D eigenvalue weighted by Gasteiger charge is 2.37. The summed E-state index contributed by atoms with van der Waals surface area (Å²) in [7, 11) is 3.44. The smallest absolute Gasteiger partial charge is 0.0479 e. The fraction of sp³-hybridized carbons (Fsp3) is 1.00. The maximum Gasteiger partial charge on any atom is 0.0479 e. The van der Waals surface area contributed by atoms with Gasteiger partial charge in [-0.2, -0.15) is 0 Å². The quantitative estimate of drug-likeness (QED) is 0.715. The Kier molecular flexibility index (Phi) is 5.18. The second-order valence-electron chi connectivity index (χ2n) is 5.21. The second kappa shape index (κ2) is 5.96. The van der Waals surface area contributed by atoms with Crippen molar-refractivity contribution in [3.05, 3.63) is 0 Å². The molecule has 1 rings (SSSR count). The molecule has 4 nitrogen and oxygen atoms in total. The Morgan fingerprint density at radius 3 is 1.38 bits per heavy atom. The highest BCUT2D eigenvalue weighted by atomic mass is 16.5. The van der Waals surface area contributed by atoms with Gasteiger partial charge in [0.15, 0.2) is 0 Å². The molecule has 1 saturated carbocycles. The van der Waals surface area contributed by atoms with Crippen molar-refractivity contribution in [3.8, 4) is 0 Å². The Morgan fingerprint density at radius 1 is 0.812 bits per heavy atom. The van der Waals surface area contributed by atoms with Crippen molar-refractivity contribution >= 4 is 0 Å². The molecule has 0 saturated heterocycles. The van der Waals surface area contributed by atoms with Crippen LogP contribution in [0.1, 0.15) is 38.5 Å². The van der Waals surface area contributed by atoms with Gasteiger partial charge in [-0.05, 0) is 38.5 Å². The zero-order valence-corrected chi connectivity index (χ0v) is 10.6. The van der Waals surface area contributed by atoms with Crippen LogP contribution >= 0.6 is 0 Å². The molecule has 16 heavy (non-hydrogen) atoms. The largest absolute Gasteiger partial charge is 0.385 e. The molecule has 0 amide bonds. The van der Waals surface area contributed by atoms with E-state index in [1.807, 2.05) is 0 Å². The highest BCUT2D eigenvalue weighted by Crippen LogP contribution is 2.35. The average Bonchev–Trinajstić information content (AvgIpc) is 2.29. The van der Waals surface area contributed by atoms with E-state index in [9.17, 15) is 0 Å². The SMILES string of the molecule is COCCC1(N)CCC(N)(CCOC)CC1. The number of nitrogens with two attached hydrogens (primary N) is 2. The van der Waals surface area contributed by atoms with E-state index >= 15 is 0 Å². The molecule has 96 valence electrons. The monoisotopic (exact) mass is 230 g/mol. The Morgan fingerprint density at radius 2 is 1.12 bits per heavy atom. The molecule has 0 aliphatic heterocycles. The van der Waals surface area contributed by atoms with E-state index in [0.717, 1.165) is 51.7 Å². The van der Waals surface area contributed by atoms with E-state index in [-0.39, 0.29) is 11.1 Å². The molecule has 0 spiro atoms. The maximum absolute atomic E-state index is 6.33. The van der Waals surface area contributed by atoms with Crippen LogP contribution in [-0.4, -0.2) is 38.5 Å². The van der Waals surface area contributed by atoms with Crippen molar-refractivity contribution < 1.29 is 9.47 Å². The summed E-state index contributed by atoms with van der Waals surface area (Å²) in [5.41, 5.74) is 12.5. The molecular weight excluding hydrogens is 204 g/mol. The van der Waals surface area contributed by atoms with Crippen molar-refractivity contribution in [1.29, 1.82) is 0 Å². The number of rotatable bonds is 6. The molecule has 1 aliphatic rings. The first-order valence-electron chi connectivity index (χ1n) is 6.09. The minimum atomic E-state index is -0.0635. The maximum atomic E-state index is 6.33. The first-order chi connectivity index (χ1) is 7.54. The van der Waals surface area contributed by atoms with Crippen LogP contribution in [0.2, 0.25) is 0 Å². The van der Waals surface area contributed by atoms with Crippen LogP contribution in [-0.2, 0) is 9.47 Å². The van der Waals surface area contributed by atoms with Crippen LogP contribution in [0, 0.1) is 0 Å². The summed E-state index contributed by atoms with van der Waals surface area (Å²) in [5.74, 6) is 0. The van der Waals surface area contributed by atoms with Crippen molar-refractivity contribution in [2.45, 2.75) is 49.6 Å². The lowest BCUT2D eigenvalue weighted by molar-refractivity contribution is 0.108. The first kappa shape index (κ1) is 13.9. The van der Waals surface area contributed by atoms with E-state index in [1.54, 1.807) is 14.2 Å². The third-order valence-electron chi connectivity index (χ3n) is 3.85. The van der Waals surface area contributed by atoms with Crippen LogP contribution in [0.15, 0.2) is 0 Å². The van der Waals surface area contributed by atoms with Crippen molar-refractivity contribution in [1.82, 2.24) is 0 Å². The van der Waals surface area contributed by atoms with Gasteiger partial charge >= 0.3 is 0 Å². The molecule has 0 aromatic rings. The number of hydrogen-bond acceptors (Lipinski definition) is 4. The Bertz CT molecular complexity index is 179. The molecule has 0 atom stereocenters. The minimum absolute atomic E-state index is 0.0635.